The van der Waals surface area contributed by atoms with Crippen LogP contribution in [0.2, 0.25) is 5.02 Å². The van der Waals surface area contributed by atoms with E-state index < -0.39 is 0 Å². The standard InChI is InChI=1S/C17H19ClN2O/c18-17-4-2-1-3-14(17)13-19-9-11-20(12-10-19)15-5-7-16(21)8-6-15/h1-8,21H,9-13H2. The number of hydrogen-bond acceptors (Lipinski definition) is 3. The molecule has 110 valence electrons. The van der Waals surface area contributed by atoms with Gasteiger partial charge in [-0.05, 0) is 35.9 Å². The van der Waals surface area contributed by atoms with E-state index >= 15 is 0 Å². The number of aromatic hydroxyl groups is 1. The summed E-state index contributed by atoms with van der Waals surface area (Å²) in [5.41, 5.74) is 2.36. The molecular weight excluding hydrogens is 284 g/mol. The topological polar surface area (TPSA) is 26.7 Å². The summed E-state index contributed by atoms with van der Waals surface area (Å²) in [6, 6.07) is 15.5. The van der Waals surface area contributed by atoms with E-state index in [1.807, 2.05) is 30.3 Å². The lowest BCUT2D eigenvalue weighted by Crippen LogP contribution is -2.45. The first kappa shape index (κ1) is 14.2. The number of piperazine rings is 1. The number of halogens is 1. The highest BCUT2D eigenvalue weighted by atomic mass is 35.5. The fourth-order valence-electron chi connectivity index (χ4n) is 2.70. The van der Waals surface area contributed by atoms with Crippen LogP contribution in [0.15, 0.2) is 48.5 Å². The maximum atomic E-state index is 9.35. The molecule has 0 radical (unpaired) electrons. The minimum absolute atomic E-state index is 0.316. The van der Waals surface area contributed by atoms with Crippen molar-refractivity contribution in [2.75, 3.05) is 31.1 Å². The second-order valence-corrected chi connectivity index (χ2v) is 5.78. The van der Waals surface area contributed by atoms with Gasteiger partial charge in [-0.25, -0.2) is 0 Å². The number of phenolic OH excluding ortho intramolecular Hbond substituents is 1. The van der Waals surface area contributed by atoms with Crippen molar-refractivity contribution < 1.29 is 5.11 Å². The van der Waals surface area contributed by atoms with E-state index in [4.69, 9.17) is 11.6 Å². The predicted octanol–water partition coefficient (Wildman–Crippen LogP) is 3.37. The highest BCUT2D eigenvalue weighted by Crippen LogP contribution is 2.21. The zero-order valence-electron chi connectivity index (χ0n) is 11.9. The Balaban J connectivity index is 1.58. The number of nitrogens with zero attached hydrogens (tertiary/aromatic N) is 2. The molecule has 1 fully saturated rings. The lowest BCUT2D eigenvalue weighted by atomic mass is 10.2. The van der Waals surface area contributed by atoms with E-state index in [0.717, 1.165) is 37.7 Å². The minimum atomic E-state index is 0.316. The summed E-state index contributed by atoms with van der Waals surface area (Å²) in [7, 11) is 0. The van der Waals surface area contributed by atoms with E-state index in [1.165, 1.54) is 11.3 Å². The van der Waals surface area contributed by atoms with Gasteiger partial charge in [0.25, 0.3) is 0 Å². The van der Waals surface area contributed by atoms with Crippen LogP contribution in [0.5, 0.6) is 5.75 Å². The van der Waals surface area contributed by atoms with Gasteiger partial charge in [-0.15, -0.1) is 0 Å². The van der Waals surface area contributed by atoms with Crippen LogP contribution in [0, 0.1) is 0 Å². The highest BCUT2D eigenvalue weighted by molar-refractivity contribution is 6.31. The molecule has 2 aromatic carbocycles. The molecular formula is C17H19ClN2O. The van der Waals surface area contributed by atoms with Crippen molar-refractivity contribution in [3.8, 4) is 5.75 Å². The maximum Gasteiger partial charge on any atom is 0.115 e. The van der Waals surface area contributed by atoms with Crippen molar-refractivity contribution in [1.29, 1.82) is 0 Å². The highest BCUT2D eigenvalue weighted by Gasteiger charge is 2.17. The van der Waals surface area contributed by atoms with Crippen molar-refractivity contribution >= 4 is 17.3 Å². The second-order valence-electron chi connectivity index (χ2n) is 5.37. The Hall–Kier alpha value is -1.71. The molecule has 3 nitrogen and oxygen atoms in total. The average molecular weight is 303 g/mol. The molecule has 0 aliphatic carbocycles. The Morgan fingerprint density at radius 1 is 0.905 bits per heavy atom. The molecule has 0 bridgehead atoms. The third-order valence-electron chi connectivity index (χ3n) is 3.94. The zero-order valence-corrected chi connectivity index (χ0v) is 12.6. The smallest absolute Gasteiger partial charge is 0.115 e. The van der Waals surface area contributed by atoms with Crippen LogP contribution in [0.25, 0.3) is 0 Å². The van der Waals surface area contributed by atoms with Gasteiger partial charge in [0.05, 0.1) is 0 Å². The summed E-state index contributed by atoms with van der Waals surface area (Å²) in [6.07, 6.45) is 0. The molecule has 0 spiro atoms. The van der Waals surface area contributed by atoms with Gasteiger partial charge in [0.1, 0.15) is 5.75 Å². The summed E-state index contributed by atoms with van der Waals surface area (Å²) < 4.78 is 0. The fraction of sp³-hybridized carbons (Fsp3) is 0.294. The van der Waals surface area contributed by atoms with Crippen LogP contribution in [-0.2, 0) is 6.54 Å². The number of rotatable bonds is 3. The molecule has 1 saturated heterocycles. The Bertz CT molecular complexity index is 592. The van der Waals surface area contributed by atoms with Gasteiger partial charge in [-0.3, -0.25) is 4.90 Å². The molecule has 21 heavy (non-hydrogen) atoms. The van der Waals surface area contributed by atoms with Gasteiger partial charge in [-0.2, -0.15) is 0 Å². The van der Waals surface area contributed by atoms with Gasteiger partial charge in [0.2, 0.25) is 0 Å². The summed E-state index contributed by atoms with van der Waals surface area (Å²) in [5.74, 6) is 0.316. The van der Waals surface area contributed by atoms with Crippen LogP contribution in [0.3, 0.4) is 0 Å². The van der Waals surface area contributed by atoms with Crippen LogP contribution < -0.4 is 4.90 Å². The Morgan fingerprint density at radius 2 is 1.57 bits per heavy atom. The maximum absolute atomic E-state index is 9.35. The van der Waals surface area contributed by atoms with E-state index in [0.29, 0.717) is 5.75 Å². The first-order valence-corrected chi connectivity index (χ1v) is 7.60. The summed E-state index contributed by atoms with van der Waals surface area (Å²) in [4.78, 5) is 4.78. The van der Waals surface area contributed by atoms with E-state index in [2.05, 4.69) is 15.9 Å². The summed E-state index contributed by atoms with van der Waals surface area (Å²) in [5, 5.41) is 10.2. The van der Waals surface area contributed by atoms with E-state index in [-0.39, 0.29) is 0 Å². The first-order chi connectivity index (χ1) is 10.2. The third kappa shape index (κ3) is 3.49. The van der Waals surface area contributed by atoms with Crippen LogP contribution in [0.1, 0.15) is 5.56 Å². The van der Waals surface area contributed by atoms with Crippen molar-refractivity contribution in [2.45, 2.75) is 6.54 Å². The van der Waals surface area contributed by atoms with Gasteiger partial charge in [0.15, 0.2) is 0 Å². The first-order valence-electron chi connectivity index (χ1n) is 7.22. The molecule has 1 N–H and O–H groups in total. The molecule has 3 rings (SSSR count). The van der Waals surface area contributed by atoms with Crippen LogP contribution in [-0.4, -0.2) is 36.2 Å². The minimum Gasteiger partial charge on any atom is -0.508 e. The molecule has 4 heteroatoms. The molecule has 0 amide bonds. The molecule has 1 heterocycles. The Kier molecular flexibility index (Phi) is 4.32. The summed E-state index contributed by atoms with van der Waals surface area (Å²) >= 11 is 6.22. The molecule has 0 saturated carbocycles. The Labute approximate surface area is 130 Å². The number of hydrogen-bond donors (Lipinski definition) is 1. The van der Waals surface area contributed by atoms with Gasteiger partial charge < -0.3 is 10.0 Å². The molecule has 1 aliphatic rings. The lowest BCUT2D eigenvalue weighted by Gasteiger charge is -2.36. The van der Waals surface area contributed by atoms with Crippen molar-refractivity contribution in [3.63, 3.8) is 0 Å². The van der Waals surface area contributed by atoms with Crippen LogP contribution >= 0.6 is 11.6 Å². The summed E-state index contributed by atoms with van der Waals surface area (Å²) in [6.45, 7) is 4.94. The second kappa shape index (κ2) is 6.37. The number of benzene rings is 2. The fourth-order valence-corrected chi connectivity index (χ4v) is 2.89. The normalized spacial score (nSPS) is 16.1. The van der Waals surface area contributed by atoms with Gasteiger partial charge in [-0.1, -0.05) is 29.8 Å². The largest absolute Gasteiger partial charge is 0.508 e. The number of phenols is 1. The number of anilines is 1. The molecule has 0 atom stereocenters. The van der Waals surface area contributed by atoms with Crippen molar-refractivity contribution in [2.24, 2.45) is 0 Å². The van der Waals surface area contributed by atoms with E-state index in [9.17, 15) is 5.11 Å². The van der Waals surface area contributed by atoms with Crippen molar-refractivity contribution in [3.05, 3.63) is 59.1 Å². The van der Waals surface area contributed by atoms with E-state index in [1.54, 1.807) is 12.1 Å². The van der Waals surface area contributed by atoms with Gasteiger partial charge in [0, 0.05) is 43.4 Å². The average Bonchev–Trinajstić information content (AvgIpc) is 2.51. The zero-order chi connectivity index (χ0) is 14.7. The molecule has 2 aromatic rings. The molecule has 1 aliphatic heterocycles. The molecule has 0 unspecified atom stereocenters. The van der Waals surface area contributed by atoms with Crippen molar-refractivity contribution in [1.82, 2.24) is 4.90 Å². The Morgan fingerprint density at radius 3 is 2.24 bits per heavy atom. The lowest BCUT2D eigenvalue weighted by molar-refractivity contribution is 0.250. The quantitative estimate of drug-likeness (QED) is 0.942. The third-order valence-corrected chi connectivity index (χ3v) is 4.31. The molecule has 0 aromatic heterocycles. The van der Waals surface area contributed by atoms with Crippen LogP contribution in [0.4, 0.5) is 5.69 Å². The monoisotopic (exact) mass is 302 g/mol. The SMILES string of the molecule is Oc1ccc(N2CCN(Cc3ccccc3Cl)CC2)cc1. The predicted molar refractivity (Wildman–Crippen MR) is 87.0 cm³/mol. The van der Waals surface area contributed by atoms with Gasteiger partial charge >= 0.3 is 0 Å².